The first-order valence-corrected chi connectivity index (χ1v) is 7.49. The molecule has 1 aromatic heterocycles. The number of hydrogen-bond donors (Lipinski definition) is 0. The molecule has 2 heterocycles. The number of carbonyl (C=O) groups excluding carboxylic acids is 1. The maximum absolute atomic E-state index is 12.3. The van der Waals surface area contributed by atoms with Crippen LogP contribution in [0.2, 0.25) is 0 Å². The van der Waals surface area contributed by atoms with Crippen molar-refractivity contribution in [3.63, 3.8) is 0 Å². The Bertz CT molecular complexity index is 788. The van der Waals surface area contributed by atoms with Crippen molar-refractivity contribution in [3.8, 4) is 23.1 Å². The predicted molar refractivity (Wildman–Crippen MR) is 84.6 cm³/mol. The van der Waals surface area contributed by atoms with Crippen molar-refractivity contribution in [1.29, 1.82) is 5.26 Å². The monoisotopic (exact) mass is 310 g/mol. The first-order valence-electron chi connectivity index (χ1n) is 7.49. The fourth-order valence-electron chi connectivity index (χ4n) is 2.66. The van der Waals surface area contributed by atoms with Crippen molar-refractivity contribution in [1.82, 2.24) is 14.7 Å². The first-order chi connectivity index (χ1) is 11.1. The third-order valence-corrected chi connectivity index (χ3v) is 3.96. The molecule has 0 aliphatic carbocycles. The molecular weight excluding hydrogens is 292 g/mol. The van der Waals surface area contributed by atoms with E-state index in [1.807, 2.05) is 25.1 Å². The van der Waals surface area contributed by atoms with Gasteiger partial charge in [0.15, 0.2) is 0 Å². The summed E-state index contributed by atoms with van der Waals surface area (Å²) in [6.45, 7) is 3.07. The molecule has 0 spiro atoms. The van der Waals surface area contributed by atoms with Crippen LogP contribution in [0.1, 0.15) is 17.5 Å². The van der Waals surface area contributed by atoms with E-state index < -0.39 is 0 Å². The lowest BCUT2D eigenvalue weighted by Gasteiger charge is -2.21. The molecule has 0 unspecified atom stereocenters. The van der Waals surface area contributed by atoms with Crippen LogP contribution in [-0.4, -0.2) is 34.2 Å². The van der Waals surface area contributed by atoms with E-state index >= 15 is 0 Å². The summed E-state index contributed by atoms with van der Waals surface area (Å²) in [5.74, 6) is 0.752. The Labute approximate surface area is 134 Å². The van der Waals surface area contributed by atoms with E-state index in [1.54, 1.807) is 22.8 Å². The number of rotatable bonds is 4. The molecule has 1 aliphatic heterocycles. The minimum absolute atomic E-state index is 0.0631. The topological polar surface area (TPSA) is 71.2 Å². The molecule has 0 radical (unpaired) electrons. The maximum atomic E-state index is 12.3. The van der Waals surface area contributed by atoms with Gasteiger partial charge in [0, 0.05) is 24.7 Å². The number of hydrogen-bond acceptors (Lipinski definition) is 4. The number of likely N-dealkylation sites (N-methyl/N-ethyl adjacent to an activating group) is 1. The quantitative estimate of drug-likeness (QED) is 0.867. The highest BCUT2D eigenvalue weighted by Gasteiger charge is 2.23. The van der Waals surface area contributed by atoms with E-state index in [9.17, 15) is 4.79 Å². The number of fused-ring (bicyclic) bond motifs is 3. The van der Waals surface area contributed by atoms with Gasteiger partial charge in [0.2, 0.25) is 5.91 Å². The Morgan fingerprint density at radius 3 is 3.13 bits per heavy atom. The van der Waals surface area contributed by atoms with Gasteiger partial charge in [0.05, 0.1) is 24.4 Å². The SMILES string of the molecule is Cc1ccc2c(c1)-c1c(cnn1CC(=O)N(C)CCC#N)CO2. The average Bonchev–Trinajstić information content (AvgIpc) is 2.95. The van der Waals surface area contributed by atoms with Crippen LogP contribution in [0.15, 0.2) is 24.4 Å². The summed E-state index contributed by atoms with van der Waals surface area (Å²) in [4.78, 5) is 13.9. The van der Waals surface area contributed by atoms with E-state index in [-0.39, 0.29) is 12.5 Å². The second-order valence-electron chi connectivity index (χ2n) is 5.69. The number of benzene rings is 1. The van der Waals surface area contributed by atoms with Gasteiger partial charge in [-0.05, 0) is 19.1 Å². The lowest BCUT2D eigenvalue weighted by atomic mass is 10.0. The molecule has 1 aromatic carbocycles. The Morgan fingerprint density at radius 1 is 1.52 bits per heavy atom. The zero-order valence-corrected chi connectivity index (χ0v) is 13.2. The van der Waals surface area contributed by atoms with Crippen LogP contribution in [0.25, 0.3) is 11.3 Å². The highest BCUT2D eigenvalue weighted by molar-refractivity contribution is 5.78. The van der Waals surface area contributed by atoms with Crippen molar-refractivity contribution in [2.75, 3.05) is 13.6 Å². The molecule has 0 atom stereocenters. The van der Waals surface area contributed by atoms with Crippen molar-refractivity contribution < 1.29 is 9.53 Å². The van der Waals surface area contributed by atoms with Gasteiger partial charge >= 0.3 is 0 Å². The highest BCUT2D eigenvalue weighted by atomic mass is 16.5. The van der Waals surface area contributed by atoms with Crippen LogP contribution in [0.4, 0.5) is 0 Å². The zero-order valence-electron chi connectivity index (χ0n) is 13.2. The number of amides is 1. The van der Waals surface area contributed by atoms with E-state index in [0.29, 0.717) is 19.6 Å². The lowest BCUT2D eigenvalue weighted by molar-refractivity contribution is -0.130. The molecule has 0 fully saturated rings. The number of ether oxygens (including phenoxy) is 1. The predicted octanol–water partition coefficient (Wildman–Crippen LogP) is 2.12. The van der Waals surface area contributed by atoms with Crippen molar-refractivity contribution in [2.24, 2.45) is 0 Å². The number of nitrogens with zero attached hydrogens (tertiary/aromatic N) is 4. The fraction of sp³-hybridized carbons (Fsp3) is 0.353. The maximum Gasteiger partial charge on any atom is 0.244 e. The smallest absolute Gasteiger partial charge is 0.244 e. The third kappa shape index (κ3) is 2.90. The molecule has 0 saturated carbocycles. The zero-order chi connectivity index (χ0) is 16.4. The second-order valence-corrected chi connectivity index (χ2v) is 5.69. The summed E-state index contributed by atoms with van der Waals surface area (Å²) in [6.07, 6.45) is 2.08. The van der Waals surface area contributed by atoms with E-state index in [0.717, 1.165) is 28.1 Å². The number of nitriles is 1. The summed E-state index contributed by atoms with van der Waals surface area (Å²) < 4.78 is 7.46. The van der Waals surface area contributed by atoms with Crippen LogP contribution < -0.4 is 4.74 Å². The summed E-state index contributed by atoms with van der Waals surface area (Å²) in [5, 5.41) is 13.0. The normalized spacial score (nSPS) is 11.9. The Balaban J connectivity index is 1.89. The minimum atomic E-state index is -0.0631. The largest absolute Gasteiger partial charge is 0.488 e. The molecule has 118 valence electrons. The van der Waals surface area contributed by atoms with Gasteiger partial charge in [-0.2, -0.15) is 10.4 Å². The van der Waals surface area contributed by atoms with Gasteiger partial charge < -0.3 is 9.64 Å². The van der Waals surface area contributed by atoms with Crippen molar-refractivity contribution in [3.05, 3.63) is 35.5 Å². The van der Waals surface area contributed by atoms with Gasteiger partial charge in [-0.1, -0.05) is 11.6 Å². The van der Waals surface area contributed by atoms with Gasteiger partial charge in [0.25, 0.3) is 0 Å². The number of carbonyl (C=O) groups is 1. The van der Waals surface area contributed by atoms with Crippen molar-refractivity contribution in [2.45, 2.75) is 26.5 Å². The molecular formula is C17H18N4O2. The van der Waals surface area contributed by atoms with E-state index in [1.165, 1.54) is 0 Å². The van der Waals surface area contributed by atoms with Gasteiger partial charge in [-0.15, -0.1) is 0 Å². The molecule has 0 bridgehead atoms. The van der Waals surface area contributed by atoms with Gasteiger partial charge in [0.1, 0.15) is 18.9 Å². The minimum Gasteiger partial charge on any atom is -0.488 e. The summed E-state index contributed by atoms with van der Waals surface area (Å²) in [5.41, 5.74) is 4.02. The Morgan fingerprint density at radius 2 is 2.35 bits per heavy atom. The molecule has 6 nitrogen and oxygen atoms in total. The summed E-state index contributed by atoms with van der Waals surface area (Å²) in [6, 6.07) is 8.06. The van der Waals surface area contributed by atoms with Crippen LogP contribution >= 0.6 is 0 Å². The molecule has 3 rings (SSSR count). The summed E-state index contributed by atoms with van der Waals surface area (Å²) in [7, 11) is 1.71. The van der Waals surface area contributed by atoms with Crippen molar-refractivity contribution >= 4 is 5.91 Å². The first kappa shape index (κ1) is 15.1. The van der Waals surface area contributed by atoms with Gasteiger partial charge in [-0.25, -0.2) is 0 Å². The van der Waals surface area contributed by atoms with Crippen LogP contribution in [0.5, 0.6) is 5.75 Å². The molecule has 1 amide bonds. The van der Waals surface area contributed by atoms with E-state index in [4.69, 9.17) is 10.00 Å². The average molecular weight is 310 g/mol. The molecule has 6 heteroatoms. The Kier molecular flexibility index (Phi) is 4.02. The Hall–Kier alpha value is -2.81. The fourth-order valence-corrected chi connectivity index (χ4v) is 2.66. The molecule has 1 aliphatic rings. The standard InChI is InChI=1S/C17H18N4O2/c1-12-4-5-15-14(8-12)17-13(11-23-15)9-19-21(17)10-16(22)20(2)7-3-6-18/h4-5,8-9H,3,7,10-11H2,1-2H3. The molecule has 23 heavy (non-hydrogen) atoms. The van der Waals surface area contributed by atoms with E-state index in [2.05, 4.69) is 11.2 Å². The van der Waals surface area contributed by atoms with Gasteiger partial charge in [-0.3, -0.25) is 9.48 Å². The third-order valence-electron chi connectivity index (χ3n) is 3.96. The van der Waals surface area contributed by atoms with Crippen LogP contribution in [0.3, 0.4) is 0 Å². The molecule has 0 N–H and O–H groups in total. The van der Waals surface area contributed by atoms with Crippen LogP contribution in [-0.2, 0) is 17.9 Å². The lowest BCUT2D eigenvalue weighted by Crippen LogP contribution is -2.31. The molecule has 0 saturated heterocycles. The molecule has 2 aromatic rings. The number of aryl methyl sites for hydroxylation is 1. The highest BCUT2D eigenvalue weighted by Crippen LogP contribution is 2.37. The summed E-state index contributed by atoms with van der Waals surface area (Å²) >= 11 is 0. The second kappa shape index (κ2) is 6.13. The number of aromatic nitrogens is 2. The van der Waals surface area contributed by atoms with Crippen LogP contribution in [0, 0.1) is 18.3 Å².